The van der Waals surface area contributed by atoms with E-state index in [0.29, 0.717) is 18.9 Å². The minimum atomic E-state index is -3.43. The summed E-state index contributed by atoms with van der Waals surface area (Å²) in [5.41, 5.74) is 1.13. The summed E-state index contributed by atoms with van der Waals surface area (Å²) in [5, 5.41) is 5.48. The lowest BCUT2D eigenvalue weighted by atomic mass is 10.1. The fraction of sp³-hybridized carbons (Fsp3) is 0.250. The van der Waals surface area contributed by atoms with Crippen molar-refractivity contribution in [2.75, 3.05) is 18.4 Å². The highest BCUT2D eigenvalue weighted by atomic mass is 32.2. The van der Waals surface area contributed by atoms with Gasteiger partial charge in [-0.25, -0.2) is 13.4 Å². The topological polar surface area (TPSA) is 62.3 Å². The summed E-state index contributed by atoms with van der Waals surface area (Å²) < 4.78 is 26.8. The first-order valence-electron chi connectivity index (χ1n) is 8.96. The summed E-state index contributed by atoms with van der Waals surface area (Å²) in [6.45, 7) is 1.19. The van der Waals surface area contributed by atoms with Gasteiger partial charge in [0.2, 0.25) is 10.0 Å². The molecule has 1 atom stereocenters. The van der Waals surface area contributed by atoms with Crippen molar-refractivity contribution in [3.63, 3.8) is 0 Å². The van der Waals surface area contributed by atoms with Gasteiger partial charge in [0.25, 0.3) is 0 Å². The third-order valence-electron chi connectivity index (χ3n) is 4.69. The van der Waals surface area contributed by atoms with Crippen LogP contribution in [0.25, 0.3) is 0 Å². The number of aromatic nitrogens is 1. The molecule has 5 nitrogen and oxygen atoms in total. The second-order valence-corrected chi connectivity index (χ2v) is 9.41. The summed E-state index contributed by atoms with van der Waals surface area (Å²) in [6.07, 6.45) is 3.30. The molecule has 0 bridgehead atoms. The van der Waals surface area contributed by atoms with Crippen molar-refractivity contribution in [2.45, 2.75) is 23.8 Å². The standard InChI is InChI=1S/C20H21N3O2S2/c24-27(25,23-12-4-5-13-23)17-10-11-19(21-15-17)22-20(18-9-6-14-26-18)16-7-2-1-3-8-16/h1-3,6-11,14-15,20H,4-5,12-13H2,(H,21,22)/t20-/m0/s1. The number of hydrogen-bond acceptors (Lipinski definition) is 5. The van der Waals surface area contributed by atoms with E-state index in [2.05, 4.69) is 28.5 Å². The second-order valence-electron chi connectivity index (χ2n) is 6.49. The van der Waals surface area contributed by atoms with E-state index >= 15 is 0 Å². The molecule has 0 aliphatic carbocycles. The van der Waals surface area contributed by atoms with E-state index in [9.17, 15) is 8.42 Å². The van der Waals surface area contributed by atoms with Crippen molar-refractivity contribution in [3.05, 3.63) is 76.6 Å². The Morgan fingerprint density at radius 3 is 2.41 bits per heavy atom. The fourth-order valence-electron chi connectivity index (χ4n) is 3.26. The Labute approximate surface area is 163 Å². The van der Waals surface area contributed by atoms with E-state index in [1.165, 1.54) is 15.4 Å². The number of anilines is 1. The molecule has 0 amide bonds. The number of nitrogens with one attached hydrogen (secondary N) is 1. The molecule has 1 saturated heterocycles. The van der Waals surface area contributed by atoms with E-state index in [4.69, 9.17) is 0 Å². The molecule has 1 N–H and O–H groups in total. The molecule has 1 aromatic carbocycles. The number of nitrogens with zero attached hydrogens (tertiary/aromatic N) is 2. The Kier molecular flexibility index (Phi) is 5.24. The molecule has 7 heteroatoms. The molecule has 2 aromatic heterocycles. The summed E-state index contributed by atoms with van der Waals surface area (Å²) in [7, 11) is -3.43. The Balaban J connectivity index is 1.58. The first-order valence-corrected chi connectivity index (χ1v) is 11.3. The number of benzene rings is 1. The van der Waals surface area contributed by atoms with Crippen LogP contribution in [0.5, 0.6) is 0 Å². The summed E-state index contributed by atoms with van der Waals surface area (Å²) in [6, 6.07) is 17.6. The molecule has 3 aromatic rings. The quantitative estimate of drug-likeness (QED) is 0.677. The minimum absolute atomic E-state index is 0.0280. The molecular weight excluding hydrogens is 378 g/mol. The molecule has 0 saturated carbocycles. The average molecular weight is 400 g/mol. The van der Waals surface area contributed by atoms with Gasteiger partial charge < -0.3 is 5.32 Å². The monoisotopic (exact) mass is 399 g/mol. The van der Waals surface area contributed by atoms with Crippen LogP contribution >= 0.6 is 11.3 Å². The maximum atomic E-state index is 12.6. The van der Waals surface area contributed by atoms with Crippen molar-refractivity contribution >= 4 is 27.2 Å². The molecule has 27 heavy (non-hydrogen) atoms. The molecule has 0 spiro atoms. The number of rotatable bonds is 6. The zero-order valence-electron chi connectivity index (χ0n) is 14.8. The van der Waals surface area contributed by atoms with Crippen LogP contribution in [-0.4, -0.2) is 30.8 Å². The lowest BCUT2D eigenvalue weighted by Crippen LogP contribution is -2.28. The van der Waals surface area contributed by atoms with Crippen molar-refractivity contribution in [1.82, 2.24) is 9.29 Å². The lowest BCUT2D eigenvalue weighted by Gasteiger charge is -2.19. The molecule has 4 rings (SSSR count). The highest BCUT2D eigenvalue weighted by molar-refractivity contribution is 7.89. The van der Waals surface area contributed by atoms with Gasteiger partial charge in [-0.3, -0.25) is 0 Å². The van der Waals surface area contributed by atoms with Crippen molar-refractivity contribution in [3.8, 4) is 0 Å². The lowest BCUT2D eigenvalue weighted by molar-refractivity contribution is 0.477. The Morgan fingerprint density at radius 1 is 1.00 bits per heavy atom. The molecule has 1 aliphatic heterocycles. The number of thiophene rings is 1. The van der Waals surface area contributed by atoms with Crippen LogP contribution in [0, 0.1) is 0 Å². The largest absolute Gasteiger partial charge is 0.358 e. The van der Waals surface area contributed by atoms with E-state index in [0.717, 1.165) is 18.4 Å². The predicted octanol–water partition coefficient (Wildman–Crippen LogP) is 4.13. The smallest absolute Gasteiger partial charge is 0.244 e. The maximum absolute atomic E-state index is 12.6. The number of pyridine rings is 1. The molecule has 0 radical (unpaired) electrons. The SMILES string of the molecule is O=S(=O)(c1ccc(N[C@@H](c2ccccc2)c2cccs2)nc1)N1CCCC1. The summed E-state index contributed by atoms with van der Waals surface area (Å²) in [4.78, 5) is 5.81. The predicted molar refractivity (Wildman–Crippen MR) is 108 cm³/mol. The van der Waals surface area contributed by atoms with Crippen molar-refractivity contribution < 1.29 is 8.42 Å². The zero-order valence-corrected chi connectivity index (χ0v) is 16.4. The van der Waals surface area contributed by atoms with Crippen LogP contribution < -0.4 is 5.32 Å². The van der Waals surface area contributed by atoms with Gasteiger partial charge in [-0.2, -0.15) is 4.31 Å². The van der Waals surface area contributed by atoms with Crippen molar-refractivity contribution in [1.29, 1.82) is 0 Å². The highest BCUT2D eigenvalue weighted by Crippen LogP contribution is 2.29. The summed E-state index contributed by atoms with van der Waals surface area (Å²) in [5.74, 6) is 0.651. The van der Waals surface area contributed by atoms with Gasteiger partial charge in [-0.1, -0.05) is 36.4 Å². The van der Waals surface area contributed by atoms with Gasteiger partial charge in [0, 0.05) is 24.2 Å². The minimum Gasteiger partial charge on any atom is -0.358 e. The van der Waals surface area contributed by atoms with E-state index < -0.39 is 10.0 Å². The van der Waals surface area contributed by atoms with Crippen LogP contribution in [-0.2, 0) is 10.0 Å². The van der Waals surface area contributed by atoms with Crippen LogP contribution in [0.15, 0.2) is 71.1 Å². The van der Waals surface area contributed by atoms with Gasteiger partial charge in [-0.15, -0.1) is 11.3 Å². The molecule has 3 heterocycles. The second kappa shape index (κ2) is 7.80. The fourth-order valence-corrected chi connectivity index (χ4v) is 5.53. The average Bonchev–Trinajstić information content (AvgIpc) is 3.41. The molecule has 1 aliphatic rings. The van der Waals surface area contributed by atoms with E-state index in [1.54, 1.807) is 23.5 Å². The first kappa shape index (κ1) is 18.2. The van der Waals surface area contributed by atoms with E-state index in [-0.39, 0.29) is 10.9 Å². The van der Waals surface area contributed by atoms with Crippen LogP contribution in [0.1, 0.15) is 29.3 Å². The van der Waals surface area contributed by atoms with Gasteiger partial charge in [-0.05, 0) is 42.0 Å². The van der Waals surface area contributed by atoms with Gasteiger partial charge in [0.05, 0.1) is 6.04 Å². The first-order chi connectivity index (χ1) is 13.1. The van der Waals surface area contributed by atoms with E-state index in [1.807, 2.05) is 29.6 Å². The molecule has 140 valence electrons. The third kappa shape index (κ3) is 3.90. The normalized spacial score (nSPS) is 16.3. The van der Waals surface area contributed by atoms with Gasteiger partial charge >= 0.3 is 0 Å². The Morgan fingerprint density at radius 2 is 1.78 bits per heavy atom. The highest BCUT2D eigenvalue weighted by Gasteiger charge is 2.27. The molecule has 0 unspecified atom stereocenters. The van der Waals surface area contributed by atoms with Gasteiger partial charge in [0.15, 0.2) is 0 Å². The number of sulfonamides is 1. The van der Waals surface area contributed by atoms with Crippen molar-refractivity contribution in [2.24, 2.45) is 0 Å². The maximum Gasteiger partial charge on any atom is 0.244 e. The van der Waals surface area contributed by atoms with Crippen LogP contribution in [0.4, 0.5) is 5.82 Å². The summed E-state index contributed by atoms with van der Waals surface area (Å²) >= 11 is 1.68. The number of hydrogen-bond donors (Lipinski definition) is 1. The van der Waals surface area contributed by atoms with Gasteiger partial charge in [0.1, 0.15) is 10.7 Å². The zero-order chi connectivity index (χ0) is 18.7. The van der Waals surface area contributed by atoms with Crippen LogP contribution in [0.3, 0.4) is 0 Å². The third-order valence-corrected chi connectivity index (χ3v) is 7.51. The Bertz CT molecular complexity index is 966. The Hall–Kier alpha value is -2.22. The van der Waals surface area contributed by atoms with Crippen LogP contribution in [0.2, 0.25) is 0 Å². The molecule has 1 fully saturated rings. The molecular formula is C20H21N3O2S2.